The average molecular weight is 361 g/mol. The highest BCUT2D eigenvalue weighted by Gasteiger charge is 2.43. The second kappa shape index (κ2) is 7.03. The Hall–Kier alpha value is -0.720. The zero-order valence-electron chi connectivity index (χ0n) is 12.6. The van der Waals surface area contributed by atoms with Crippen LogP contribution in [0.5, 0.6) is 0 Å². The smallest absolute Gasteiger partial charge is 0.166 e. The van der Waals surface area contributed by atoms with Crippen LogP contribution in [0.25, 0.3) is 0 Å². The zero-order chi connectivity index (χ0) is 15.5. The summed E-state index contributed by atoms with van der Waals surface area (Å²) in [4.78, 5) is 5.63. The largest absolute Gasteiger partial charge is 0.353 e. The molecule has 0 aromatic heterocycles. The molecule has 1 unspecified atom stereocenters. The maximum absolute atomic E-state index is 14.0. The van der Waals surface area contributed by atoms with Gasteiger partial charge in [0.25, 0.3) is 0 Å². The van der Waals surface area contributed by atoms with E-state index < -0.39 is 5.83 Å². The number of halogens is 2. The molecule has 2 saturated heterocycles. The molecule has 2 rings (SSSR count). The van der Waals surface area contributed by atoms with Crippen molar-refractivity contribution in [1.82, 2.24) is 4.90 Å². The summed E-state index contributed by atoms with van der Waals surface area (Å²) in [6.45, 7) is 9.18. The predicted molar refractivity (Wildman–Crippen MR) is 85.0 cm³/mol. The number of likely N-dealkylation sites (tertiary alicyclic amines) is 1. The topological polar surface area (TPSA) is 34.1 Å². The number of hydrogen-bond acceptors (Lipinski definition) is 4. The van der Waals surface area contributed by atoms with Gasteiger partial charge in [0.1, 0.15) is 5.60 Å². The molecular weight excluding hydrogens is 339 g/mol. The predicted octanol–water partition coefficient (Wildman–Crippen LogP) is 3.74. The van der Waals surface area contributed by atoms with E-state index in [4.69, 9.17) is 9.47 Å². The third-order valence-electron chi connectivity index (χ3n) is 3.59. The van der Waals surface area contributed by atoms with Crippen molar-refractivity contribution in [3.05, 3.63) is 22.2 Å². The van der Waals surface area contributed by atoms with Crippen LogP contribution in [0.2, 0.25) is 0 Å². The quantitative estimate of drug-likeness (QED) is 0.553. The maximum atomic E-state index is 14.0. The fraction of sp³-hybridized carbons (Fsp3) is 0.667. The summed E-state index contributed by atoms with van der Waals surface area (Å²) in [7, 11) is 0. The summed E-state index contributed by atoms with van der Waals surface area (Å²) >= 11 is 3.21. The van der Waals surface area contributed by atoms with Gasteiger partial charge in [-0.25, -0.2) is 9.38 Å². The molecule has 1 atom stereocenters. The van der Waals surface area contributed by atoms with Crippen molar-refractivity contribution < 1.29 is 13.9 Å². The molecule has 2 fully saturated rings. The maximum Gasteiger partial charge on any atom is 0.166 e. The zero-order valence-corrected chi connectivity index (χ0v) is 14.2. The lowest BCUT2D eigenvalue weighted by molar-refractivity contribution is -0.250. The number of aliphatic imine (C=N–C) groups is 1. The van der Waals surface area contributed by atoms with E-state index in [9.17, 15) is 4.39 Å². The molecular formula is C15H22BrFN2O2. The summed E-state index contributed by atoms with van der Waals surface area (Å²) in [6, 6.07) is 0. The third-order valence-corrected chi connectivity index (χ3v) is 3.82. The van der Waals surface area contributed by atoms with Gasteiger partial charge in [0.05, 0.1) is 13.1 Å². The minimum atomic E-state index is -0.393. The molecule has 0 radical (unpaired) electrons. The molecule has 118 valence electrons. The summed E-state index contributed by atoms with van der Waals surface area (Å²) in [5.74, 6) is -0.130. The van der Waals surface area contributed by atoms with Crippen LogP contribution in [0.15, 0.2) is 27.2 Å². The van der Waals surface area contributed by atoms with E-state index in [0.717, 1.165) is 25.9 Å². The van der Waals surface area contributed by atoms with E-state index in [1.165, 1.54) is 6.08 Å². The van der Waals surface area contributed by atoms with Crippen molar-refractivity contribution in [1.29, 1.82) is 0 Å². The lowest BCUT2D eigenvalue weighted by Crippen LogP contribution is -2.62. The van der Waals surface area contributed by atoms with Gasteiger partial charge in [-0.15, -0.1) is 0 Å². The molecule has 6 heteroatoms. The summed E-state index contributed by atoms with van der Waals surface area (Å²) < 4.78 is 26.3. The van der Waals surface area contributed by atoms with Crippen molar-refractivity contribution in [2.75, 3.05) is 19.7 Å². The number of hydrogen-bond donors (Lipinski definition) is 0. The van der Waals surface area contributed by atoms with Crippen molar-refractivity contribution in [3.63, 3.8) is 0 Å². The number of rotatable bonds is 5. The van der Waals surface area contributed by atoms with Crippen LogP contribution in [0.3, 0.4) is 0 Å². The van der Waals surface area contributed by atoms with Gasteiger partial charge in [-0.2, -0.15) is 0 Å². The molecule has 2 aliphatic heterocycles. The van der Waals surface area contributed by atoms with Crippen molar-refractivity contribution >= 4 is 22.6 Å². The first-order valence-corrected chi connectivity index (χ1v) is 7.97. The van der Waals surface area contributed by atoms with Gasteiger partial charge < -0.3 is 14.4 Å². The van der Waals surface area contributed by atoms with Crippen LogP contribution in [0, 0.1) is 0 Å². The highest BCUT2D eigenvalue weighted by molar-refractivity contribution is 9.11. The first-order chi connectivity index (χ1) is 9.93. The number of ether oxygens (including phenoxy) is 2. The molecule has 2 aliphatic rings. The fourth-order valence-electron chi connectivity index (χ4n) is 2.67. The van der Waals surface area contributed by atoms with Crippen LogP contribution >= 0.6 is 15.9 Å². The standard InChI is InChI=1S/C15H22BrFN2O2/c1-11(16)8-12(17)14(18-3)19-9-15(2,10-19)21-13-6-4-5-7-20-13/h8,13H,3-7,9-10H2,1-2H3/b11-8+,14-12-. The average Bonchev–Trinajstić information content (AvgIpc) is 2.38. The van der Waals surface area contributed by atoms with Gasteiger partial charge >= 0.3 is 0 Å². The van der Waals surface area contributed by atoms with Crippen LogP contribution in [-0.4, -0.2) is 43.2 Å². The molecule has 0 aliphatic carbocycles. The van der Waals surface area contributed by atoms with Gasteiger partial charge in [-0.05, 0) is 50.4 Å². The van der Waals surface area contributed by atoms with Crippen LogP contribution < -0.4 is 0 Å². The van der Waals surface area contributed by atoms with Crippen LogP contribution in [0.1, 0.15) is 33.1 Å². The third kappa shape index (κ3) is 4.37. The minimum absolute atomic E-state index is 0.135. The summed E-state index contributed by atoms with van der Waals surface area (Å²) in [5, 5.41) is 0. The number of nitrogens with zero attached hydrogens (tertiary/aromatic N) is 2. The Morgan fingerprint density at radius 3 is 2.76 bits per heavy atom. The first kappa shape index (κ1) is 16.6. The molecule has 0 aromatic carbocycles. The Morgan fingerprint density at radius 2 is 2.24 bits per heavy atom. The Morgan fingerprint density at radius 1 is 1.52 bits per heavy atom. The fourth-order valence-corrected chi connectivity index (χ4v) is 2.87. The second-order valence-electron chi connectivity index (χ2n) is 5.78. The van der Waals surface area contributed by atoms with Crippen molar-refractivity contribution in [2.24, 2.45) is 4.99 Å². The van der Waals surface area contributed by atoms with Gasteiger partial charge in [0.2, 0.25) is 0 Å². The normalized spacial score (nSPS) is 27.0. The molecule has 0 amide bonds. The van der Waals surface area contributed by atoms with Crippen LogP contribution in [-0.2, 0) is 9.47 Å². The molecule has 0 saturated carbocycles. The lowest BCUT2D eigenvalue weighted by Gasteiger charge is -2.50. The Labute approximate surface area is 133 Å². The first-order valence-electron chi connectivity index (χ1n) is 7.18. The van der Waals surface area contributed by atoms with E-state index in [1.54, 1.807) is 6.92 Å². The molecule has 0 N–H and O–H groups in total. The monoisotopic (exact) mass is 360 g/mol. The van der Waals surface area contributed by atoms with E-state index in [1.807, 2.05) is 11.8 Å². The van der Waals surface area contributed by atoms with Crippen LogP contribution in [0.4, 0.5) is 4.39 Å². The minimum Gasteiger partial charge on any atom is -0.353 e. The Balaban J connectivity index is 1.94. The van der Waals surface area contributed by atoms with E-state index in [-0.39, 0.29) is 17.7 Å². The highest BCUT2D eigenvalue weighted by atomic mass is 79.9. The molecule has 0 aromatic rings. The van der Waals surface area contributed by atoms with Crippen molar-refractivity contribution in [2.45, 2.75) is 45.0 Å². The van der Waals surface area contributed by atoms with E-state index >= 15 is 0 Å². The molecule has 0 bridgehead atoms. The highest BCUT2D eigenvalue weighted by Crippen LogP contribution is 2.33. The number of allylic oxidation sites excluding steroid dienone is 3. The molecule has 2 heterocycles. The van der Waals surface area contributed by atoms with Gasteiger partial charge in [0, 0.05) is 6.61 Å². The molecule has 0 spiro atoms. The molecule has 21 heavy (non-hydrogen) atoms. The van der Waals surface area contributed by atoms with Gasteiger partial charge in [0.15, 0.2) is 17.9 Å². The molecule has 4 nitrogen and oxygen atoms in total. The van der Waals surface area contributed by atoms with Crippen molar-refractivity contribution in [3.8, 4) is 0 Å². The van der Waals surface area contributed by atoms with E-state index in [2.05, 4.69) is 27.6 Å². The summed E-state index contributed by atoms with van der Waals surface area (Å²) in [6.07, 6.45) is 4.42. The Bertz CT molecular complexity index is 449. The lowest BCUT2D eigenvalue weighted by atomic mass is 9.96. The second-order valence-corrected chi connectivity index (χ2v) is 7.03. The van der Waals surface area contributed by atoms with Gasteiger partial charge in [-0.3, -0.25) is 0 Å². The SMILES string of the molecule is C=N/C(=C(F)\C=C(/C)Br)N1CC(C)(OC2CCCCO2)C1. The van der Waals surface area contributed by atoms with E-state index in [0.29, 0.717) is 17.6 Å². The summed E-state index contributed by atoms with van der Waals surface area (Å²) in [5.41, 5.74) is -0.314. The Kier molecular flexibility index (Phi) is 5.57. The van der Waals surface area contributed by atoms with Gasteiger partial charge in [-0.1, -0.05) is 15.9 Å².